The molecule has 0 fully saturated rings. The van der Waals surface area contributed by atoms with Crippen molar-refractivity contribution in [1.29, 1.82) is 0 Å². The van der Waals surface area contributed by atoms with E-state index in [9.17, 15) is 13.6 Å². The summed E-state index contributed by atoms with van der Waals surface area (Å²) >= 11 is 0. The van der Waals surface area contributed by atoms with Crippen LogP contribution in [0.15, 0.2) is 34.9 Å². The Hall–Kier alpha value is -3.23. The molecule has 0 bridgehead atoms. The van der Waals surface area contributed by atoms with E-state index < -0.39 is 23.3 Å². The van der Waals surface area contributed by atoms with Gasteiger partial charge in [-0.1, -0.05) is 11.2 Å². The molecule has 0 radical (unpaired) electrons. The Morgan fingerprint density at radius 1 is 1.29 bits per heavy atom. The minimum Gasteiger partial charge on any atom is -0.479 e. The van der Waals surface area contributed by atoms with Gasteiger partial charge in [-0.25, -0.2) is 8.78 Å². The van der Waals surface area contributed by atoms with Crippen molar-refractivity contribution in [1.82, 2.24) is 20.3 Å². The van der Waals surface area contributed by atoms with E-state index in [1.54, 1.807) is 0 Å². The molecule has 0 spiro atoms. The standard InChI is InChI=1S/C19H20F2N4O3/c1-11-7-13(3)25(23-11)9-12(2)22-19(26)17-8-14(28-24-17)10-27-18-15(20)5-4-6-16(18)21/h4-8,12H,9-10H2,1-3H3,(H,22,26)/t12-/m0/s1. The van der Waals surface area contributed by atoms with Crippen LogP contribution in [0.3, 0.4) is 0 Å². The van der Waals surface area contributed by atoms with Gasteiger partial charge in [-0.05, 0) is 39.0 Å². The number of carbonyl (C=O) groups is 1. The number of benzene rings is 1. The molecule has 2 heterocycles. The third-order valence-corrected chi connectivity index (χ3v) is 4.00. The lowest BCUT2D eigenvalue weighted by molar-refractivity contribution is 0.0926. The molecule has 1 amide bonds. The number of carbonyl (C=O) groups excluding carboxylic acids is 1. The highest BCUT2D eigenvalue weighted by atomic mass is 19.1. The minimum absolute atomic E-state index is 0.0489. The number of aryl methyl sites for hydroxylation is 2. The molecule has 148 valence electrons. The van der Waals surface area contributed by atoms with Gasteiger partial charge in [0.25, 0.3) is 5.91 Å². The summed E-state index contributed by atoms with van der Waals surface area (Å²) in [7, 11) is 0. The number of rotatable bonds is 7. The molecule has 9 heteroatoms. The first-order valence-electron chi connectivity index (χ1n) is 8.68. The fraction of sp³-hybridized carbons (Fsp3) is 0.316. The molecule has 0 aliphatic rings. The van der Waals surface area contributed by atoms with Crippen molar-refractivity contribution in [3.63, 3.8) is 0 Å². The van der Waals surface area contributed by atoms with Gasteiger partial charge >= 0.3 is 0 Å². The SMILES string of the molecule is Cc1cc(C)n(C[C@H](C)NC(=O)c2cc(COc3c(F)cccc3F)on2)n1. The maximum Gasteiger partial charge on any atom is 0.273 e. The van der Waals surface area contributed by atoms with Gasteiger partial charge in [0.05, 0.1) is 12.2 Å². The molecule has 3 aromatic rings. The van der Waals surface area contributed by atoms with Crippen LogP contribution in [0.2, 0.25) is 0 Å². The van der Waals surface area contributed by atoms with Gasteiger partial charge in [-0.3, -0.25) is 9.48 Å². The Morgan fingerprint density at radius 2 is 2.00 bits per heavy atom. The molecular weight excluding hydrogens is 370 g/mol. The fourth-order valence-corrected chi connectivity index (χ4v) is 2.71. The van der Waals surface area contributed by atoms with Crippen molar-refractivity contribution < 1.29 is 22.8 Å². The van der Waals surface area contributed by atoms with E-state index in [4.69, 9.17) is 9.26 Å². The molecule has 1 atom stereocenters. The molecule has 1 N–H and O–H groups in total. The van der Waals surface area contributed by atoms with Crippen LogP contribution in [0, 0.1) is 25.5 Å². The van der Waals surface area contributed by atoms with E-state index in [0.717, 1.165) is 23.5 Å². The number of halogens is 2. The highest BCUT2D eigenvalue weighted by molar-refractivity contribution is 5.92. The maximum atomic E-state index is 13.6. The van der Waals surface area contributed by atoms with E-state index in [1.807, 2.05) is 31.5 Å². The van der Waals surface area contributed by atoms with Gasteiger partial charge in [-0.2, -0.15) is 5.10 Å². The van der Waals surface area contributed by atoms with Crippen LogP contribution in [-0.4, -0.2) is 26.9 Å². The zero-order valence-corrected chi connectivity index (χ0v) is 15.7. The number of ether oxygens (including phenoxy) is 1. The summed E-state index contributed by atoms with van der Waals surface area (Å²) in [5.74, 6) is -2.42. The Bertz CT molecular complexity index is 963. The maximum absolute atomic E-state index is 13.6. The van der Waals surface area contributed by atoms with Crippen LogP contribution >= 0.6 is 0 Å². The second-order valence-corrected chi connectivity index (χ2v) is 6.50. The topological polar surface area (TPSA) is 82.2 Å². The lowest BCUT2D eigenvalue weighted by atomic mass is 10.3. The van der Waals surface area contributed by atoms with Gasteiger partial charge in [0.15, 0.2) is 28.8 Å². The van der Waals surface area contributed by atoms with E-state index in [1.165, 1.54) is 12.1 Å². The Morgan fingerprint density at radius 3 is 2.64 bits per heavy atom. The third-order valence-electron chi connectivity index (χ3n) is 4.00. The molecule has 1 aromatic carbocycles. The molecule has 0 aliphatic heterocycles. The number of hydrogen-bond donors (Lipinski definition) is 1. The summed E-state index contributed by atoms with van der Waals surface area (Å²) in [6, 6.07) is 6.53. The molecule has 2 aromatic heterocycles. The van der Waals surface area contributed by atoms with Crippen molar-refractivity contribution in [3.05, 3.63) is 64.8 Å². The molecular formula is C19H20F2N4O3. The van der Waals surface area contributed by atoms with Crippen LogP contribution in [0.5, 0.6) is 5.75 Å². The van der Waals surface area contributed by atoms with Crippen molar-refractivity contribution >= 4 is 5.91 Å². The Balaban J connectivity index is 1.57. The van der Waals surface area contributed by atoms with Crippen molar-refractivity contribution in [2.24, 2.45) is 0 Å². The second-order valence-electron chi connectivity index (χ2n) is 6.50. The molecule has 0 unspecified atom stereocenters. The number of nitrogens with one attached hydrogen (secondary N) is 1. The van der Waals surface area contributed by atoms with Crippen LogP contribution in [0.25, 0.3) is 0 Å². The van der Waals surface area contributed by atoms with Gasteiger partial charge in [0, 0.05) is 17.8 Å². The number of hydrogen-bond acceptors (Lipinski definition) is 5. The van der Waals surface area contributed by atoms with Crippen LogP contribution in [0.1, 0.15) is 34.6 Å². The normalized spacial score (nSPS) is 12.0. The predicted molar refractivity (Wildman–Crippen MR) is 95.8 cm³/mol. The summed E-state index contributed by atoms with van der Waals surface area (Å²) in [6.45, 7) is 5.93. The first-order chi connectivity index (χ1) is 13.3. The van der Waals surface area contributed by atoms with Gasteiger partial charge in [0.1, 0.15) is 6.61 Å². The number of nitrogens with zero attached hydrogens (tertiary/aromatic N) is 3. The first kappa shape index (κ1) is 19.5. The third kappa shape index (κ3) is 4.54. The lowest BCUT2D eigenvalue weighted by Crippen LogP contribution is -2.36. The summed E-state index contributed by atoms with van der Waals surface area (Å²) in [5.41, 5.74) is 1.95. The van der Waals surface area contributed by atoms with Gasteiger partial charge in [-0.15, -0.1) is 0 Å². The van der Waals surface area contributed by atoms with Gasteiger partial charge in [0.2, 0.25) is 0 Å². The minimum atomic E-state index is -0.824. The highest BCUT2D eigenvalue weighted by Gasteiger charge is 2.17. The Kier molecular flexibility index (Phi) is 5.72. The van der Waals surface area contributed by atoms with Crippen molar-refractivity contribution in [2.45, 2.75) is 40.0 Å². The molecule has 0 saturated heterocycles. The average molecular weight is 390 g/mol. The van der Waals surface area contributed by atoms with Crippen molar-refractivity contribution in [2.75, 3.05) is 0 Å². The molecule has 0 saturated carbocycles. The van der Waals surface area contributed by atoms with Crippen molar-refractivity contribution in [3.8, 4) is 5.75 Å². The second kappa shape index (κ2) is 8.20. The number of amides is 1. The summed E-state index contributed by atoms with van der Waals surface area (Å²) in [6.07, 6.45) is 0. The average Bonchev–Trinajstić information content (AvgIpc) is 3.21. The molecule has 0 aliphatic carbocycles. The van der Waals surface area contributed by atoms with E-state index >= 15 is 0 Å². The molecule has 3 rings (SSSR count). The molecule has 7 nitrogen and oxygen atoms in total. The summed E-state index contributed by atoms with van der Waals surface area (Å²) < 4.78 is 39.0. The van der Waals surface area contributed by atoms with Gasteiger partial charge < -0.3 is 14.6 Å². The largest absolute Gasteiger partial charge is 0.479 e. The first-order valence-corrected chi connectivity index (χ1v) is 8.68. The van der Waals surface area contributed by atoms with Crippen LogP contribution in [0.4, 0.5) is 8.78 Å². The number of aromatic nitrogens is 3. The van der Waals surface area contributed by atoms with E-state index in [2.05, 4.69) is 15.6 Å². The smallest absolute Gasteiger partial charge is 0.273 e. The highest BCUT2D eigenvalue weighted by Crippen LogP contribution is 2.22. The summed E-state index contributed by atoms with van der Waals surface area (Å²) in [4.78, 5) is 12.3. The zero-order chi connectivity index (χ0) is 20.3. The fourth-order valence-electron chi connectivity index (χ4n) is 2.71. The van der Waals surface area contributed by atoms with E-state index in [-0.39, 0.29) is 24.1 Å². The van der Waals surface area contributed by atoms with Crippen LogP contribution < -0.4 is 10.1 Å². The summed E-state index contributed by atoms with van der Waals surface area (Å²) in [5, 5.41) is 10.8. The van der Waals surface area contributed by atoms with E-state index in [0.29, 0.717) is 6.54 Å². The van der Waals surface area contributed by atoms with Crippen LogP contribution in [-0.2, 0) is 13.2 Å². The zero-order valence-electron chi connectivity index (χ0n) is 15.7. The number of para-hydroxylation sites is 1. The molecule has 28 heavy (non-hydrogen) atoms. The lowest BCUT2D eigenvalue weighted by Gasteiger charge is -2.14. The quantitative estimate of drug-likeness (QED) is 0.670. The monoisotopic (exact) mass is 390 g/mol. The predicted octanol–water partition coefficient (Wildman–Crippen LogP) is 3.16. The Labute approximate surface area is 160 Å².